The van der Waals surface area contributed by atoms with Crippen LogP contribution in [0.2, 0.25) is 0 Å². The minimum Gasteiger partial charge on any atom is -0.365 e. The van der Waals surface area contributed by atoms with Gasteiger partial charge in [0.1, 0.15) is 5.82 Å². The van der Waals surface area contributed by atoms with Crippen LogP contribution in [0.1, 0.15) is 12.6 Å². The monoisotopic (exact) mass is 247 g/mol. The van der Waals surface area contributed by atoms with Crippen molar-refractivity contribution in [2.75, 3.05) is 17.3 Å². The molecule has 4 heteroatoms. The highest BCUT2D eigenvalue weighted by Gasteiger charge is 2.07. The van der Waals surface area contributed by atoms with Gasteiger partial charge in [0.2, 0.25) is 0 Å². The van der Waals surface area contributed by atoms with Gasteiger partial charge in [0, 0.05) is 11.8 Å². The van der Waals surface area contributed by atoms with E-state index < -0.39 is 0 Å². The molecule has 0 fully saturated rings. The first-order chi connectivity index (χ1) is 8.20. The second kappa shape index (κ2) is 5.36. The normalized spacial score (nSPS) is 12.6. The van der Waals surface area contributed by atoms with Gasteiger partial charge in [0.05, 0.1) is 16.7 Å². The lowest BCUT2D eigenvalue weighted by molar-refractivity contribution is 0.897. The fraction of sp³-hybridized carbons (Fsp3) is 0.385. The number of fused-ring (bicyclic) bond motifs is 1. The van der Waals surface area contributed by atoms with E-state index in [0.717, 1.165) is 28.3 Å². The molecule has 0 aliphatic carbocycles. The lowest BCUT2D eigenvalue weighted by Gasteiger charge is -2.15. The Morgan fingerprint density at radius 2 is 1.88 bits per heavy atom. The standard InChI is InChI=1S/C13H17N3S/c1-9(8-17-3)14-13-10(2)15-11-6-4-5-7-12(11)16-13/h4-7,9H,8H2,1-3H3,(H,14,16). The number of rotatable bonds is 4. The fourth-order valence-corrected chi connectivity index (χ4v) is 2.33. The summed E-state index contributed by atoms with van der Waals surface area (Å²) in [5.74, 6) is 1.96. The second-order valence-electron chi connectivity index (χ2n) is 4.15. The predicted molar refractivity (Wildman–Crippen MR) is 75.7 cm³/mol. The summed E-state index contributed by atoms with van der Waals surface area (Å²) >= 11 is 1.83. The van der Waals surface area contributed by atoms with Crippen LogP contribution in [0.3, 0.4) is 0 Å². The van der Waals surface area contributed by atoms with Crippen LogP contribution in [0.5, 0.6) is 0 Å². The molecular formula is C13H17N3S. The third kappa shape index (κ3) is 2.88. The Hall–Kier alpha value is -1.29. The smallest absolute Gasteiger partial charge is 0.148 e. The van der Waals surface area contributed by atoms with Crippen molar-refractivity contribution in [2.45, 2.75) is 19.9 Å². The number of anilines is 1. The zero-order valence-corrected chi connectivity index (χ0v) is 11.2. The van der Waals surface area contributed by atoms with Crippen LogP contribution in [-0.2, 0) is 0 Å². The van der Waals surface area contributed by atoms with Gasteiger partial charge in [0.25, 0.3) is 0 Å². The van der Waals surface area contributed by atoms with E-state index in [0.29, 0.717) is 6.04 Å². The number of hydrogen-bond acceptors (Lipinski definition) is 4. The summed E-state index contributed by atoms with van der Waals surface area (Å²) in [7, 11) is 0. The van der Waals surface area contributed by atoms with E-state index >= 15 is 0 Å². The number of aromatic nitrogens is 2. The van der Waals surface area contributed by atoms with E-state index in [1.54, 1.807) is 0 Å². The Morgan fingerprint density at radius 1 is 1.24 bits per heavy atom. The highest BCUT2D eigenvalue weighted by Crippen LogP contribution is 2.17. The lowest BCUT2D eigenvalue weighted by atomic mass is 10.3. The van der Waals surface area contributed by atoms with Crippen molar-refractivity contribution in [1.82, 2.24) is 9.97 Å². The molecule has 1 N–H and O–H groups in total. The van der Waals surface area contributed by atoms with E-state index in [1.807, 2.05) is 43.0 Å². The first kappa shape index (κ1) is 12.2. The zero-order chi connectivity index (χ0) is 12.3. The third-order valence-corrected chi connectivity index (χ3v) is 3.38. The lowest BCUT2D eigenvalue weighted by Crippen LogP contribution is -2.19. The molecule has 2 aromatic rings. The molecule has 0 aliphatic heterocycles. The largest absolute Gasteiger partial charge is 0.365 e. The molecule has 17 heavy (non-hydrogen) atoms. The van der Waals surface area contributed by atoms with Gasteiger partial charge in [-0.15, -0.1) is 0 Å². The van der Waals surface area contributed by atoms with E-state index in [4.69, 9.17) is 0 Å². The number of para-hydroxylation sites is 2. The predicted octanol–water partition coefficient (Wildman–Crippen LogP) is 3.10. The number of nitrogens with zero attached hydrogens (tertiary/aromatic N) is 2. The molecule has 0 aliphatic rings. The Kier molecular flexibility index (Phi) is 3.84. The molecule has 1 atom stereocenters. The van der Waals surface area contributed by atoms with Gasteiger partial charge < -0.3 is 5.32 Å². The van der Waals surface area contributed by atoms with E-state index in [-0.39, 0.29) is 0 Å². The Bertz CT molecular complexity index is 513. The maximum Gasteiger partial charge on any atom is 0.148 e. The second-order valence-corrected chi connectivity index (χ2v) is 5.06. The molecule has 90 valence electrons. The van der Waals surface area contributed by atoms with Crippen LogP contribution in [0, 0.1) is 6.92 Å². The van der Waals surface area contributed by atoms with Crippen LogP contribution < -0.4 is 5.32 Å². The minimum absolute atomic E-state index is 0.402. The molecule has 1 aromatic carbocycles. The van der Waals surface area contributed by atoms with Gasteiger partial charge in [-0.1, -0.05) is 12.1 Å². The molecule has 0 saturated carbocycles. The van der Waals surface area contributed by atoms with E-state index in [9.17, 15) is 0 Å². The molecular weight excluding hydrogens is 230 g/mol. The van der Waals surface area contributed by atoms with Crippen LogP contribution >= 0.6 is 11.8 Å². The summed E-state index contributed by atoms with van der Waals surface area (Å²) < 4.78 is 0. The van der Waals surface area contributed by atoms with Crippen molar-refractivity contribution in [1.29, 1.82) is 0 Å². The summed E-state index contributed by atoms with van der Waals surface area (Å²) in [4.78, 5) is 9.17. The first-order valence-corrected chi connectivity index (χ1v) is 7.09. The maximum atomic E-state index is 4.61. The van der Waals surface area contributed by atoms with Crippen LogP contribution in [0.25, 0.3) is 11.0 Å². The topological polar surface area (TPSA) is 37.8 Å². The summed E-state index contributed by atoms with van der Waals surface area (Å²) in [6.07, 6.45) is 2.11. The number of thioether (sulfide) groups is 1. The molecule has 1 unspecified atom stereocenters. The summed E-state index contributed by atoms with van der Waals surface area (Å²) in [5, 5.41) is 3.41. The van der Waals surface area contributed by atoms with Crippen molar-refractivity contribution in [2.24, 2.45) is 0 Å². The quantitative estimate of drug-likeness (QED) is 0.901. The van der Waals surface area contributed by atoms with Crippen LogP contribution in [0.15, 0.2) is 24.3 Å². The third-order valence-electron chi connectivity index (χ3n) is 2.54. The fourth-order valence-electron chi connectivity index (χ4n) is 1.75. The molecule has 0 amide bonds. The highest BCUT2D eigenvalue weighted by atomic mass is 32.2. The average Bonchev–Trinajstić information content (AvgIpc) is 2.30. The average molecular weight is 247 g/mol. The zero-order valence-electron chi connectivity index (χ0n) is 10.4. The van der Waals surface area contributed by atoms with Gasteiger partial charge in [-0.3, -0.25) is 0 Å². The van der Waals surface area contributed by atoms with Gasteiger partial charge >= 0.3 is 0 Å². The van der Waals surface area contributed by atoms with Gasteiger partial charge in [-0.2, -0.15) is 11.8 Å². The van der Waals surface area contributed by atoms with E-state index in [2.05, 4.69) is 28.5 Å². The van der Waals surface area contributed by atoms with Crippen LogP contribution in [-0.4, -0.2) is 28.0 Å². The van der Waals surface area contributed by atoms with Gasteiger partial charge in [-0.25, -0.2) is 9.97 Å². The maximum absolute atomic E-state index is 4.61. The Labute approximate surface area is 106 Å². The Morgan fingerprint density at radius 3 is 2.53 bits per heavy atom. The summed E-state index contributed by atoms with van der Waals surface area (Å²) in [6, 6.07) is 8.36. The van der Waals surface area contributed by atoms with E-state index in [1.165, 1.54) is 0 Å². The van der Waals surface area contributed by atoms with Gasteiger partial charge in [-0.05, 0) is 32.2 Å². The summed E-state index contributed by atoms with van der Waals surface area (Å²) in [6.45, 7) is 4.15. The van der Waals surface area contributed by atoms with Crippen LogP contribution in [0.4, 0.5) is 5.82 Å². The van der Waals surface area contributed by atoms with Crippen molar-refractivity contribution in [3.8, 4) is 0 Å². The number of benzene rings is 1. The molecule has 3 nitrogen and oxygen atoms in total. The van der Waals surface area contributed by atoms with Gasteiger partial charge in [0.15, 0.2) is 0 Å². The number of hydrogen-bond donors (Lipinski definition) is 1. The van der Waals surface area contributed by atoms with Crippen molar-refractivity contribution in [3.05, 3.63) is 30.0 Å². The summed E-state index contributed by atoms with van der Waals surface area (Å²) in [5.41, 5.74) is 2.85. The molecule has 0 saturated heterocycles. The molecule has 2 rings (SSSR count). The molecule has 0 bridgehead atoms. The highest BCUT2D eigenvalue weighted by molar-refractivity contribution is 7.98. The van der Waals surface area contributed by atoms with Crippen molar-refractivity contribution < 1.29 is 0 Å². The van der Waals surface area contributed by atoms with Crippen molar-refractivity contribution in [3.63, 3.8) is 0 Å². The molecule has 1 aromatic heterocycles. The first-order valence-electron chi connectivity index (χ1n) is 5.69. The number of nitrogens with one attached hydrogen (secondary N) is 1. The molecule has 0 spiro atoms. The number of aryl methyl sites for hydroxylation is 1. The molecule has 1 heterocycles. The Balaban J connectivity index is 2.31. The minimum atomic E-state index is 0.402. The molecule has 0 radical (unpaired) electrons. The SMILES string of the molecule is CSCC(C)Nc1nc2ccccc2nc1C. The van der Waals surface area contributed by atoms with Crippen molar-refractivity contribution >= 4 is 28.6 Å².